The molecule has 4 rings (SSSR count). The van der Waals surface area contributed by atoms with Crippen molar-refractivity contribution < 1.29 is 30.7 Å². The molecule has 0 aliphatic heterocycles. The molecule has 0 radical (unpaired) electrons. The first-order valence-electron chi connectivity index (χ1n) is 10.9. The van der Waals surface area contributed by atoms with Gasteiger partial charge in [-0.1, -0.05) is 37.1 Å². The van der Waals surface area contributed by atoms with E-state index in [9.17, 15) is 26.0 Å². The quantitative estimate of drug-likeness (QED) is 0.258. The molecule has 1 N–H and O–H groups in total. The van der Waals surface area contributed by atoms with E-state index in [1.165, 1.54) is 7.11 Å². The molecule has 0 saturated heterocycles. The third-order valence-corrected chi connectivity index (χ3v) is 7.28. The van der Waals surface area contributed by atoms with E-state index in [0.29, 0.717) is 5.56 Å². The van der Waals surface area contributed by atoms with Gasteiger partial charge in [0.05, 0.1) is 17.0 Å². The van der Waals surface area contributed by atoms with E-state index in [4.69, 9.17) is 4.74 Å². The van der Waals surface area contributed by atoms with Crippen molar-refractivity contribution in [3.8, 4) is 22.5 Å². The van der Waals surface area contributed by atoms with Gasteiger partial charge < -0.3 is 4.74 Å². The summed E-state index contributed by atoms with van der Waals surface area (Å²) in [6.45, 7) is -0.402. The predicted molar refractivity (Wildman–Crippen MR) is 121 cm³/mol. The van der Waals surface area contributed by atoms with Crippen molar-refractivity contribution in [3.05, 3.63) is 65.6 Å². The van der Waals surface area contributed by atoms with Crippen molar-refractivity contribution in [1.82, 2.24) is 14.7 Å². The highest BCUT2D eigenvalue weighted by atomic mass is 32.2. The van der Waals surface area contributed by atoms with Crippen molar-refractivity contribution in [3.63, 3.8) is 0 Å². The average molecular weight is 510 g/mol. The Balaban J connectivity index is 1.93. The number of aromatic nitrogens is 2. The fraction of sp³-hybridized carbons (Fsp3) is 0.333. The summed E-state index contributed by atoms with van der Waals surface area (Å²) in [4.78, 5) is 7.78. The summed E-state index contributed by atoms with van der Waals surface area (Å²) in [6, 6.07) is 10.8. The van der Waals surface area contributed by atoms with Crippen LogP contribution in [-0.2, 0) is 20.9 Å². The van der Waals surface area contributed by atoms with Gasteiger partial charge in [-0.25, -0.2) is 18.4 Å². The number of alkyl halides is 3. The van der Waals surface area contributed by atoms with E-state index in [1.807, 2.05) is 6.07 Å². The Labute approximate surface area is 200 Å². The molecule has 11 heteroatoms. The van der Waals surface area contributed by atoms with Crippen LogP contribution in [0.1, 0.15) is 42.7 Å². The fourth-order valence-corrected chi connectivity index (χ4v) is 5.45. The average Bonchev–Trinajstić information content (AvgIpc) is 3.37. The predicted octanol–water partition coefficient (Wildman–Crippen LogP) is 5.51. The molecule has 1 fully saturated rings. The molecule has 0 spiro atoms. The van der Waals surface area contributed by atoms with E-state index in [-0.39, 0.29) is 22.9 Å². The van der Waals surface area contributed by atoms with E-state index in [1.54, 1.807) is 18.2 Å². The molecule has 1 aliphatic carbocycles. The second kappa shape index (κ2) is 10.00. The molecule has 2 heterocycles. The minimum Gasteiger partial charge on any atom is -0.369 e. The lowest BCUT2D eigenvalue weighted by Gasteiger charge is -2.19. The second-order valence-electron chi connectivity index (χ2n) is 8.23. The summed E-state index contributed by atoms with van der Waals surface area (Å²) in [5, 5.41) is -0.697. The van der Waals surface area contributed by atoms with Gasteiger partial charge in [0.2, 0.25) is 5.95 Å². The largest absolute Gasteiger partial charge is 0.418 e. The van der Waals surface area contributed by atoms with Gasteiger partial charge in [-0.3, -0.25) is 0 Å². The van der Waals surface area contributed by atoms with Gasteiger partial charge in [-0.05, 0) is 48.6 Å². The normalized spacial score (nSPS) is 15.0. The van der Waals surface area contributed by atoms with E-state index < -0.39 is 39.5 Å². The van der Waals surface area contributed by atoms with Crippen LogP contribution in [0.5, 0.6) is 0 Å². The number of nitrogens with zero attached hydrogens (tertiary/aromatic N) is 2. The minimum atomic E-state index is -4.69. The number of ether oxygens (including phenoxy) is 1. The van der Waals surface area contributed by atoms with Crippen LogP contribution in [-0.4, -0.2) is 32.2 Å². The van der Waals surface area contributed by atoms with Crippen molar-refractivity contribution in [2.45, 2.75) is 42.8 Å². The van der Waals surface area contributed by atoms with E-state index >= 15 is 0 Å². The van der Waals surface area contributed by atoms with Crippen LogP contribution in [0.4, 0.5) is 17.6 Å². The summed E-state index contributed by atoms with van der Waals surface area (Å²) < 4.78 is 88.2. The third-order valence-electron chi connectivity index (χ3n) is 5.96. The molecule has 2 aromatic heterocycles. The van der Waals surface area contributed by atoms with Crippen molar-refractivity contribution in [2.24, 2.45) is 0 Å². The second-order valence-corrected chi connectivity index (χ2v) is 9.91. The molecule has 35 heavy (non-hydrogen) atoms. The smallest absolute Gasteiger partial charge is 0.369 e. The van der Waals surface area contributed by atoms with Crippen LogP contribution in [0, 0.1) is 5.95 Å². The maximum atomic E-state index is 14.0. The van der Waals surface area contributed by atoms with Crippen LogP contribution in [0.15, 0.2) is 53.6 Å². The number of benzene rings is 1. The molecule has 1 saturated carbocycles. The van der Waals surface area contributed by atoms with E-state index in [2.05, 4.69) is 14.7 Å². The first-order chi connectivity index (χ1) is 16.6. The number of nitrogens with one attached hydrogen (secondary N) is 1. The molecule has 0 atom stereocenters. The Hall–Kier alpha value is -2.89. The molecule has 3 aromatic rings. The molecular formula is C24H23F4N3O3S. The number of hydrogen-bond acceptors (Lipinski definition) is 5. The summed E-state index contributed by atoms with van der Waals surface area (Å²) in [6.07, 6.45) is -0.967. The van der Waals surface area contributed by atoms with Gasteiger partial charge in [0.1, 0.15) is 6.73 Å². The zero-order valence-electron chi connectivity index (χ0n) is 18.8. The highest BCUT2D eigenvalue weighted by Gasteiger charge is 2.36. The van der Waals surface area contributed by atoms with Crippen LogP contribution in [0.3, 0.4) is 0 Å². The Bertz CT molecular complexity index is 1320. The Morgan fingerprint density at radius 1 is 1.00 bits per heavy atom. The summed E-state index contributed by atoms with van der Waals surface area (Å²) in [5.41, 5.74) is -0.362. The topological polar surface area (TPSA) is 81.2 Å². The van der Waals surface area contributed by atoms with Gasteiger partial charge in [0.15, 0.2) is 5.03 Å². The van der Waals surface area contributed by atoms with Crippen LogP contribution < -0.4 is 4.72 Å². The van der Waals surface area contributed by atoms with Crippen LogP contribution in [0.2, 0.25) is 0 Å². The van der Waals surface area contributed by atoms with E-state index in [0.717, 1.165) is 55.5 Å². The maximum Gasteiger partial charge on any atom is 0.418 e. The van der Waals surface area contributed by atoms with Crippen molar-refractivity contribution in [2.75, 3.05) is 13.8 Å². The van der Waals surface area contributed by atoms with Gasteiger partial charge in [-0.15, -0.1) is 0 Å². The van der Waals surface area contributed by atoms with Crippen LogP contribution >= 0.6 is 0 Å². The summed E-state index contributed by atoms with van der Waals surface area (Å²) in [5.74, 6) is -0.954. The monoisotopic (exact) mass is 509 g/mol. The lowest BCUT2D eigenvalue weighted by molar-refractivity contribution is -0.137. The number of pyridine rings is 2. The maximum absolute atomic E-state index is 14.0. The highest BCUT2D eigenvalue weighted by Crippen LogP contribution is 2.43. The number of rotatable bonds is 7. The lowest BCUT2D eigenvalue weighted by Crippen LogP contribution is -2.27. The number of sulfonamides is 1. The van der Waals surface area contributed by atoms with Gasteiger partial charge >= 0.3 is 6.18 Å². The lowest BCUT2D eigenvalue weighted by atomic mass is 9.89. The van der Waals surface area contributed by atoms with Crippen LogP contribution in [0.25, 0.3) is 22.5 Å². The van der Waals surface area contributed by atoms with Gasteiger partial charge in [-0.2, -0.15) is 22.3 Å². The van der Waals surface area contributed by atoms with Crippen molar-refractivity contribution >= 4 is 10.0 Å². The SMILES string of the molecule is COCNS(=O)(=O)c1nc(F)ccc1-c1ccc(C(F)(F)F)c(-c2ccccc2C2CCCC2)n1. The molecule has 1 aliphatic rings. The minimum absolute atomic E-state index is 0.0838. The van der Waals surface area contributed by atoms with Crippen molar-refractivity contribution in [1.29, 1.82) is 0 Å². The Morgan fingerprint density at radius 3 is 2.40 bits per heavy atom. The third kappa shape index (κ3) is 5.36. The molecule has 6 nitrogen and oxygen atoms in total. The molecular weight excluding hydrogens is 486 g/mol. The molecule has 0 unspecified atom stereocenters. The standard InChI is InChI=1S/C24H23F4N3O3S/c1-34-14-29-35(32,33)23-18(10-13-21(25)31-23)20-12-11-19(24(26,27)28)22(30-20)17-9-5-4-8-16(17)15-6-2-3-7-15/h4-5,8-13,15,29H,2-3,6-7,14H2,1H3. The number of halogens is 4. The molecule has 186 valence electrons. The van der Waals surface area contributed by atoms with Gasteiger partial charge in [0, 0.05) is 18.2 Å². The molecule has 1 aromatic carbocycles. The highest BCUT2D eigenvalue weighted by molar-refractivity contribution is 7.89. The Morgan fingerprint density at radius 2 is 1.71 bits per heavy atom. The zero-order chi connectivity index (χ0) is 25.2. The fourth-order valence-electron chi connectivity index (χ4n) is 4.37. The Kier molecular flexibility index (Phi) is 7.20. The number of methoxy groups -OCH3 is 1. The first kappa shape index (κ1) is 25.2. The zero-order valence-corrected chi connectivity index (χ0v) is 19.6. The summed E-state index contributed by atoms with van der Waals surface area (Å²) >= 11 is 0. The van der Waals surface area contributed by atoms with Gasteiger partial charge in [0.25, 0.3) is 10.0 Å². The molecule has 0 bridgehead atoms. The summed E-state index contributed by atoms with van der Waals surface area (Å²) in [7, 11) is -3.09. The molecule has 0 amide bonds. The number of hydrogen-bond donors (Lipinski definition) is 1. The first-order valence-corrected chi connectivity index (χ1v) is 12.4.